The van der Waals surface area contributed by atoms with Crippen LogP contribution in [0, 0.1) is 15.9 Å². The quantitative estimate of drug-likeness (QED) is 0.679. The third-order valence-electron chi connectivity index (χ3n) is 2.72. The summed E-state index contributed by atoms with van der Waals surface area (Å²) in [5.41, 5.74) is -0.702. The van der Waals surface area contributed by atoms with Crippen molar-refractivity contribution in [3.8, 4) is 5.75 Å². The average molecular weight is 289 g/mol. The van der Waals surface area contributed by atoms with Gasteiger partial charge in [-0.1, -0.05) is 11.6 Å². The van der Waals surface area contributed by atoms with Gasteiger partial charge in [-0.15, -0.1) is 0 Å². The van der Waals surface area contributed by atoms with Crippen LogP contribution in [0.1, 0.15) is 12.8 Å². The molecule has 1 heterocycles. The third kappa shape index (κ3) is 3.11. The number of hydrogen-bond donors (Lipinski definition) is 1. The predicted molar refractivity (Wildman–Crippen MR) is 64.7 cm³/mol. The summed E-state index contributed by atoms with van der Waals surface area (Å²) in [5.74, 6) is -1.06. The molecule has 1 N–H and O–H groups in total. The molecule has 0 saturated carbocycles. The van der Waals surface area contributed by atoms with Gasteiger partial charge in [0.2, 0.25) is 11.7 Å². The Labute approximate surface area is 112 Å². The summed E-state index contributed by atoms with van der Waals surface area (Å²) in [6.07, 6.45) is 1.06. The Morgan fingerprint density at radius 2 is 2.32 bits per heavy atom. The Morgan fingerprint density at radius 1 is 1.58 bits per heavy atom. The maximum Gasteiger partial charge on any atom is 0.306 e. The molecule has 1 saturated heterocycles. The molecule has 0 bridgehead atoms. The van der Waals surface area contributed by atoms with Crippen molar-refractivity contribution in [3.63, 3.8) is 0 Å². The smallest absolute Gasteiger partial charge is 0.306 e. The molecule has 0 radical (unpaired) electrons. The highest BCUT2D eigenvalue weighted by atomic mass is 35.5. The number of nitro groups is 1. The van der Waals surface area contributed by atoms with Crippen molar-refractivity contribution in [2.24, 2.45) is 0 Å². The van der Waals surface area contributed by atoms with Gasteiger partial charge in [0.15, 0.2) is 0 Å². The Morgan fingerprint density at radius 3 is 2.89 bits per heavy atom. The number of hydrogen-bond acceptors (Lipinski definition) is 4. The van der Waals surface area contributed by atoms with E-state index in [1.54, 1.807) is 0 Å². The first-order chi connectivity index (χ1) is 8.97. The van der Waals surface area contributed by atoms with E-state index in [0.29, 0.717) is 12.8 Å². The van der Waals surface area contributed by atoms with Crippen LogP contribution >= 0.6 is 11.6 Å². The first-order valence-corrected chi connectivity index (χ1v) is 5.91. The summed E-state index contributed by atoms with van der Waals surface area (Å²) in [5, 5.41) is 13.1. The van der Waals surface area contributed by atoms with Crippen LogP contribution in [0.2, 0.25) is 5.02 Å². The summed E-state index contributed by atoms with van der Waals surface area (Å²) in [6, 6.07) is 1.62. The number of carbonyl (C=O) groups is 1. The lowest BCUT2D eigenvalue weighted by Crippen LogP contribution is -2.30. The highest BCUT2D eigenvalue weighted by Crippen LogP contribution is 2.31. The maximum absolute atomic E-state index is 13.4. The minimum absolute atomic E-state index is 0.0194. The zero-order valence-electron chi connectivity index (χ0n) is 9.69. The topological polar surface area (TPSA) is 81.5 Å². The Bertz CT molecular complexity index is 538. The molecule has 1 aliphatic heterocycles. The van der Waals surface area contributed by atoms with Crippen molar-refractivity contribution in [2.45, 2.75) is 18.9 Å². The molecule has 8 heteroatoms. The number of nitrogens with zero attached hydrogens (tertiary/aromatic N) is 1. The number of amides is 1. The van der Waals surface area contributed by atoms with Crippen molar-refractivity contribution in [3.05, 3.63) is 33.1 Å². The van der Waals surface area contributed by atoms with E-state index in [1.807, 2.05) is 0 Å². The molecule has 102 valence electrons. The molecule has 1 amide bonds. The van der Waals surface area contributed by atoms with Crippen molar-refractivity contribution < 1.29 is 18.8 Å². The van der Waals surface area contributed by atoms with Crippen LogP contribution in [0.3, 0.4) is 0 Å². The number of ether oxygens (including phenoxy) is 1. The van der Waals surface area contributed by atoms with Crippen molar-refractivity contribution in [1.82, 2.24) is 5.32 Å². The fourth-order valence-corrected chi connectivity index (χ4v) is 1.97. The number of nitro benzene ring substituents is 1. The van der Waals surface area contributed by atoms with Gasteiger partial charge in [0, 0.05) is 18.6 Å². The van der Waals surface area contributed by atoms with Crippen LogP contribution in [0.25, 0.3) is 0 Å². The SMILES string of the molecule is O=C1CCC(COc2cc(F)c([N+](=O)[O-])cc2Cl)N1. The van der Waals surface area contributed by atoms with Crippen molar-refractivity contribution >= 4 is 23.2 Å². The van der Waals surface area contributed by atoms with E-state index in [9.17, 15) is 19.3 Å². The zero-order chi connectivity index (χ0) is 14.0. The lowest BCUT2D eigenvalue weighted by Gasteiger charge is -2.12. The van der Waals surface area contributed by atoms with E-state index in [2.05, 4.69) is 5.32 Å². The molecule has 2 rings (SSSR count). The van der Waals surface area contributed by atoms with Crippen LogP contribution in [0.5, 0.6) is 5.75 Å². The van der Waals surface area contributed by atoms with Gasteiger partial charge in [-0.25, -0.2) is 0 Å². The van der Waals surface area contributed by atoms with Gasteiger partial charge in [-0.3, -0.25) is 14.9 Å². The number of benzene rings is 1. The largest absolute Gasteiger partial charge is 0.490 e. The molecule has 1 atom stereocenters. The molecule has 1 aromatic rings. The van der Waals surface area contributed by atoms with Crippen LogP contribution in [-0.2, 0) is 4.79 Å². The Kier molecular flexibility index (Phi) is 3.84. The second-order valence-corrected chi connectivity index (χ2v) is 4.51. The van der Waals surface area contributed by atoms with E-state index in [-0.39, 0.29) is 29.3 Å². The Hall–Kier alpha value is -1.89. The standard InChI is InChI=1S/C11H10ClFN2O4/c12-7-3-9(15(17)18)8(13)4-10(7)19-5-6-1-2-11(16)14-6/h3-4,6H,1-2,5H2,(H,14,16). The van der Waals surface area contributed by atoms with Crippen LogP contribution in [-0.4, -0.2) is 23.5 Å². The molecular weight excluding hydrogens is 279 g/mol. The second kappa shape index (κ2) is 5.40. The highest BCUT2D eigenvalue weighted by Gasteiger charge is 2.23. The summed E-state index contributed by atoms with van der Waals surface area (Å²) >= 11 is 5.78. The summed E-state index contributed by atoms with van der Waals surface area (Å²) in [6.45, 7) is 0.142. The Balaban J connectivity index is 2.06. The third-order valence-corrected chi connectivity index (χ3v) is 3.02. The average Bonchev–Trinajstić information content (AvgIpc) is 2.75. The highest BCUT2D eigenvalue weighted by molar-refractivity contribution is 6.32. The molecular formula is C11H10ClFN2O4. The molecule has 0 aliphatic carbocycles. The molecule has 0 aromatic heterocycles. The number of halogens is 2. The van der Waals surface area contributed by atoms with E-state index < -0.39 is 16.4 Å². The minimum atomic E-state index is -1.01. The first-order valence-electron chi connectivity index (χ1n) is 5.53. The van der Waals surface area contributed by atoms with Crippen LogP contribution in [0.15, 0.2) is 12.1 Å². The molecule has 19 heavy (non-hydrogen) atoms. The lowest BCUT2D eigenvalue weighted by molar-refractivity contribution is -0.387. The van der Waals surface area contributed by atoms with E-state index >= 15 is 0 Å². The van der Waals surface area contributed by atoms with Crippen molar-refractivity contribution in [2.75, 3.05) is 6.61 Å². The van der Waals surface area contributed by atoms with E-state index in [4.69, 9.17) is 16.3 Å². The fourth-order valence-electron chi connectivity index (χ4n) is 1.76. The van der Waals surface area contributed by atoms with Gasteiger partial charge in [0.1, 0.15) is 12.4 Å². The number of carbonyl (C=O) groups excluding carboxylic acids is 1. The maximum atomic E-state index is 13.4. The minimum Gasteiger partial charge on any atom is -0.490 e. The summed E-state index contributed by atoms with van der Waals surface area (Å²) < 4.78 is 18.7. The second-order valence-electron chi connectivity index (χ2n) is 4.11. The van der Waals surface area contributed by atoms with Gasteiger partial charge in [-0.05, 0) is 6.42 Å². The van der Waals surface area contributed by atoms with Gasteiger partial charge in [-0.2, -0.15) is 4.39 Å². The van der Waals surface area contributed by atoms with Gasteiger partial charge in [0.25, 0.3) is 0 Å². The molecule has 1 aliphatic rings. The monoisotopic (exact) mass is 288 g/mol. The summed E-state index contributed by atoms with van der Waals surface area (Å²) in [4.78, 5) is 20.6. The summed E-state index contributed by atoms with van der Waals surface area (Å²) in [7, 11) is 0. The fraction of sp³-hybridized carbons (Fsp3) is 0.364. The van der Waals surface area contributed by atoms with E-state index in [1.165, 1.54) is 0 Å². The predicted octanol–water partition coefficient (Wildman–Crippen LogP) is 2.04. The molecule has 6 nitrogen and oxygen atoms in total. The first kappa shape index (κ1) is 13.5. The molecule has 1 fully saturated rings. The number of rotatable bonds is 4. The van der Waals surface area contributed by atoms with Gasteiger partial charge < -0.3 is 10.1 Å². The molecule has 0 spiro atoms. The zero-order valence-corrected chi connectivity index (χ0v) is 10.4. The molecule has 1 unspecified atom stereocenters. The van der Waals surface area contributed by atoms with Crippen LogP contribution in [0.4, 0.5) is 10.1 Å². The lowest BCUT2D eigenvalue weighted by atomic mass is 10.2. The van der Waals surface area contributed by atoms with E-state index in [0.717, 1.165) is 12.1 Å². The van der Waals surface area contributed by atoms with Crippen molar-refractivity contribution in [1.29, 1.82) is 0 Å². The normalized spacial score (nSPS) is 18.2. The molecule has 1 aromatic carbocycles. The number of nitrogens with one attached hydrogen (secondary N) is 1. The van der Waals surface area contributed by atoms with Crippen LogP contribution < -0.4 is 10.1 Å². The van der Waals surface area contributed by atoms with Gasteiger partial charge >= 0.3 is 5.69 Å². The van der Waals surface area contributed by atoms with Gasteiger partial charge in [0.05, 0.1) is 16.0 Å².